The molecule has 1 heterocycles. The molecule has 1 fully saturated rings. The molecule has 2 rings (SSSR count). The molecule has 0 radical (unpaired) electrons. The highest BCUT2D eigenvalue weighted by atomic mass is 32.2. The standard InChI is InChI=1S/C13H21N3O2S/c14-7-4-12-19(17,18)16-10-8-15(9-11-16)13-5-2-1-3-6-13/h1-3,5-6H,4,7-12,14H2. The van der Waals surface area contributed by atoms with Crippen molar-refractivity contribution in [1.29, 1.82) is 0 Å². The van der Waals surface area contributed by atoms with Gasteiger partial charge in [-0.2, -0.15) is 4.31 Å². The van der Waals surface area contributed by atoms with Gasteiger partial charge in [0.1, 0.15) is 0 Å². The largest absolute Gasteiger partial charge is 0.369 e. The fourth-order valence-electron chi connectivity index (χ4n) is 2.26. The number of hydrogen-bond acceptors (Lipinski definition) is 4. The molecule has 0 unspecified atom stereocenters. The fourth-order valence-corrected chi connectivity index (χ4v) is 3.77. The minimum Gasteiger partial charge on any atom is -0.369 e. The summed E-state index contributed by atoms with van der Waals surface area (Å²) in [7, 11) is -3.12. The summed E-state index contributed by atoms with van der Waals surface area (Å²) < 4.78 is 25.7. The Morgan fingerprint density at radius 2 is 1.68 bits per heavy atom. The van der Waals surface area contributed by atoms with Crippen molar-refractivity contribution in [2.45, 2.75) is 6.42 Å². The number of anilines is 1. The summed E-state index contributed by atoms with van der Waals surface area (Å²) >= 11 is 0. The van der Waals surface area contributed by atoms with Crippen LogP contribution in [-0.4, -0.2) is 51.2 Å². The number of para-hydroxylation sites is 1. The van der Waals surface area contributed by atoms with Crippen LogP contribution in [0.15, 0.2) is 30.3 Å². The van der Waals surface area contributed by atoms with E-state index in [1.165, 1.54) is 0 Å². The lowest BCUT2D eigenvalue weighted by molar-refractivity contribution is 0.384. The summed E-state index contributed by atoms with van der Waals surface area (Å²) in [5.41, 5.74) is 6.53. The molecule has 5 nitrogen and oxygen atoms in total. The first kappa shape index (κ1) is 14.3. The van der Waals surface area contributed by atoms with Crippen LogP contribution in [0, 0.1) is 0 Å². The molecule has 0 bridgehead atoms. The van der Waals surface area contributed by atoms with Crippen LogP contribution >= 0.6 is 0 Å². The maximum absolute atomic E-state index is 12.0. The summed E-state index contributed by atoms with van der Waals surface area (Å²) in [5.74, 6) is 0.162. The van der Waals surface area contributed by atoms with Gasteiger partial charge in [-0.1, -0.05) is 18.2 Å². The number of piperazine rings is 1. The topological polar surface area (TPSA) is 66.6 Å². The zero-order valence-corrected chi connectivity index (χ0v) is 11.8. The van der Waals surface area contributed by atoms with Gasteiger partial charge in [0, 0.05) is 31.9 Å². The number of nitrogens with two attached hydrogens (primary N) is 1. The summed E-state index contributed by atoms with van der Waals surface area (Å²) in [5, 5.41) is 0. The normalized spacial score (nSPS) is 17.6. The third-order valence-corrected chi connectivity index (χ3v) is 5.32. The van der Waals surface area contributed by atoms with Gasteiger partial charge in [0.15, 0.2) is 0 Å². The molecule has 1 aliphatic rings. The first-order chi connectivity index (χ1) is 9.13. The summed E-state index contributed by atoms with van der Waals surface area (Å²) in [6.07, 6.45) is 0.529. The molecule has 0 atom stereocenters. The van der Waals surface area contributed by atoms with Gasteiger partial charge in [-0.3, -0.25) is 0 Å². The van der Waals surface area contributed by atoms with Crippen LogP contribution in [-0.2, 0) is 10.0 Å². The average Bonchev–Trinajstić information content (AvgIpc) is 2.46. The number of rotatable bonds is 5. The molecule has 1 aromatic rings. The quantitative estimate of drug-likeness (QED) is 0.854. The van der Waals surface area contributed by atoms with Crippen molar-refractivity contribution in [3.63, 3.8) is 0 Å². The van der Waals surface area contributed by atoms with Crippen LogP contribution in [0.4, 0.5) is 5.69 Å². The van der Waals surface area contributed by atoms with E-state index in [-0.39, 0.29) is 5.75 Å². The first-order valence-corrected chi connectivity index (χ1v) is 8.22. The molecule has 1 saturated heterocycles. The van der Waals surface area contributed by atoms with Crippen molar-refractivity contribution in [1.82, 2.24) is 4.31 Å². The van der Waals surface area contributed by atoms with E-state index >= 15 is 0 Å². The molecule has 1 aromatic carbocycles. The van der Waals surface area contributed by atoms with Crippen LogP contribution in [0.25, 0.3) is 0 Å². The van der Waals surface area contributed by atoms with Gasteiger partial charge in [0.05, 0.1) is 5.75 Å². The van der Waals surface area contributed by atoms with Crippen molar-refractivity contribution in [2.24, 2.45) is 5.73 Å². The van der Waals surface area contributed by atoms with Crippen LogP contribution < -0.4 is 10.6 Å². The van der Waals surface area contributed by atoms with Crippen LogP contribution in [0.3, 0.4) is 0 Å². The van der Waals surface area contributed by atoms with E-state index < -0.39 is 10.0 Å². The third kappa shape index (κ3) is 3.68. The van der Waals surface area contributed by atoms with Crippen LogP contribution in [0.2, 0.25) is 0 Å². The van der Waals surface area contributed by atoms with E-state index in [1.54, 1.807) is 4.31 Å². The molecule has 19 heavy (non-hydrogen) atoms. The lowest BCUT2D eigenvalue weighted by atomic mass is 10.2. The van der Waals surface area contributed by atoms with E-state index in [4.69, 9.17) is 5.73 Å². The van der Waals surface area contributed by atoms with Crippen molar-refractivity contribution >= 4 is 15.7 Å². The van der Waals surface area contributed by atoms with E-state index in [0.717, 1.165) is 18.8 Å². The van der Waals surface area contributed by atoms with E-state index in [2.05, 4.69) is 17.0 Å². The smallest absolute Gasteiger partial charge is 0.214 e. The monoisotopic (exact) mass is 283 g/mol. The second-order valence-electron chi connectivity index (χ2n) is 4.68. The lowest BCUT2D eigenvalue weighted by Gasteiger charge is -2.35. The van der Waals surface area contributed by atoms with Gasteiger partial charge >= 0.3 is 0 Å². The van der Waals surface area contributed by atoms with Gasteiger partial charge in [0.25, 0.3) is 0 Å². The van der Waals surface area contributed by atoms with Crippen molar-refractivity contribution < 1.29 is 8.42 Å². The second-order valence-corrected chi connectivity index (χ2v) is 6.77. The van der Waals surface area contributed by atoms with Crippen LogP contribution in [0.1, 0.15) is 6.42 Å². The molecule has 2 N–H and O–H groups in total. The highest BCUT2D eigenvalue weighted by molar-refractivity contribution is 7.89. The SMILES string of the molecule is NCCCS(=O)(=O)N1CCN(c2ccccc2)CC1. The first-order valence-electron chi connectivity index (χ1n) is 6.61. The summed E-state index contributed by atoms with van der Waals surface area (Å²) in [4.78, 5) is 2.22. The second kappa shape index (κ2) is 6.36. The minimum absolute atomic E-state index is 0.162. The lowest BCUT2D eigenvalue weighted by Crippen LogP contribution is -2.49. The Kier molecular flexibility index (Phi) is 4.79. The molecule has 1 aliphatic heterocycles. The zero-order valence-electron chi connectivity index (χ0n) is 11.0. The molecular weight excluding hydrogens is 262 g/mol. The minimum atomic E-state index is -3.12. The van der Waals surface area contributed by atoms with Crippen LogP contribution in [0.5, 0.6) is 0 Å². The highest BCUT2D eigenvalue weighted by Gasteiger charge is 2.26. The Morgan fingerprint density at radius 3 is 2.26 bits per heavy atom. The maximum Gasteiger partial charge on any atom is 0.214 e. The Bertz CT molecular complexity index is 482. The van der Waals surface area contributed by atoms with E-state index in [9.17, 15) is 8.42 Å². The van der Waals surface area contributed by atoms with Crippen molar-refractivity contribution in [2.75, 3.05) is 43.4 Å². The predicted molar refractivity (Wildman–Crippen MR) is 77.7 cm³/mol. The Morgan fingerprint density at radius 1 is 1.05 bits per heavy atom. The molecule has 0 amide bonds. The molecule has 0 aromatic heterocycles. The molecular formula is C13H21N3O2S. The maximum atomic E-state index is 12.0. The summed E-state index contributed by atoms with van der Waals surface area (Å²) in [6.45, 7) is 3.02. The molecule has 6 heteroatoms. The van der Waals surface area contributed by atoms with E-state index in [0.29, 0.717) is 26.1 Å². The molecule has 106 valence electrons. The number of benzene rings is 1. The Labute approximate surface area is 115 Å². The zero-order chi connectivity index (χ0) is 13.7. The number of nitrogens with zero attached hydrogens (tertiary/aromatic N) is 2. The Hall–Kier alpha value is -1.11. The van der Waals surface area contributed by atoms with Gasteiger partial charge in [-0.05, 0) is 25.1 Å². The fraction of sp³-hybridized carbons (Fsp3) is 0.538. The highest BCUT2D eigenvalue weighted by Crippen LogP contribution is 2.17. The van der Waals surface area contributed by atoms with Gasteiger partial charge in [-0.15, -0.1) is 0 Å². The molecule has 0 saturated carbocycles. The molecule has 0 spiro atoms. The van der Waals surface area contributed by atoms with E-state index in [1.807, 2.05) is 18.2 Å². The molecule has 0 aliphatic carbocycles. The number of hydrogen-bond donors (Lipinski definition) is 1. The van der Waals surface area contributed by atoms with Crippen molar-refractivity contribution in [3.05, 3.63) is 30.3 Å². The average molecular weight is 283 g/mol. The predicted octanol–water partition coefficient (Wildman–Crippen LogP) is 0.487. The van der Waals surface area contributed by atoms with Gasteiger partial charge in [-0.25, -0.2) is 8.42 Å². The number of sulfonamides is 1. The van der Waals surface area contributed by atoms with Crippen molar-refractivity contribution in [3.8, 4) is 0 Å². The van der Waals surface area contributed by atoms with Gasteiger partial charge < -0.3 is 10.6 Å². The van der Waals surface area contributed by atoms with Gasteiger partial charge in [0.2, 0.25) is 10.0 Å². The third-order valence-electron chi connectivity index (χ3n) is 3.36. The Balaban J connectivity index is 1.92. The summed E-state index contributed by atoms with van der Waals surface area (Å²) in [6, 6.07) is 10.1.